The van der Waals surface area contributed by atoms with E-state index in [2.05, 4.69) is 47.9 Å². The van der Waals surface area contributed by atoms with Crippen molar-refractivity contribution in [3.05, 3.63) is 18.0 Å². The first-order valence-electron chi connectivity index (χ1n) is 9.63. The molecule has 1 aromatic rings. The quantitative estimate of drug-likeness (QED) is 0.863. The highest BCUT2D eigenvalue weighted by atomic mass is 16.3. The largest absolute Gasteiger partial charge is 0.396 e. The maximum Gasteiger partial charge on any atom is 0.254 e. The van der Waals surface area contributed by atoms with E-state index in [1.807, 2.05) is 0 Å². The normalized spacial score (nSPS) is 26.0. The Bertz CT molecular complexity index is 685. The summed E-state index contributed by atoms with van der Waals surface area (Å²) in [6, 6.07) is 0.163. The van der Waals surface area contributed by atoms with E-state index in [1.54, 1.807) is 12.4 Å². The third-order valence-electron chi connectivity index (χ3n) is 6.69. The number of rotatable bonds is 4. The second-order valence-corrected chi connectivity index (χ2v) is 10.1. The summed E-state index contributed by atoms with van der Waals surface area (Å²) in [6.45, 7) is 11.0. The molecule has 3 fully saturated rings. The third-order valence-corrected chi connectivity index (χ3v) is 6.69. The summed E-state index contributed by atoms with van der Waals surface area (Å²) in [5, 5.41) is 12.4. The fraction of sp³-hybridized carbons (Fsp3) is 0.750. The molecule has 1 saturated heterocycles. The lowest BCUT2D eigenvalue weighted by atomic mass is 9.52. The average Bonchev–Trinajstić information content (AvgIpc) is 2.49. The van der Waals surface area contributed by atoms with Crippen LogP contribution < -0.4 is 10.2 Å². The molecule has 3 aliphatic rings. The van der Waals surface area contributed by atoms with Gasteiger partial charge in [0.05, 0.1) is 5.56 Å². The molecule has 0 atom stereocenters. The van der Waals surface area contributed by atoms with Crippen molar-refractivity contribution in [1.82, 2.24) is 15.3 Å². The Kier molecular flexibility index (Phi) is 3.85. The number of hydrogen-bond donors (Lipinski definition) is 2. The smallest absolute Gasteiger partial charge is 0.254 e. The fourth-order valence-electron chi connectivity index (χ4n) is 5.97. The number of carbonyl (C=O) groups excluding carboxylic acids is 1. The van der Waals surface area contributed by atoms with Gasteiger partial charge >= 0.3 is 0 Å². The van der Waals surface area contributed by atoms with Crippen molar-refractivity contribution in [2.45, 2.75) is 53.0 Å². The van der Waals surface area contributed by atoms with Gasteiger partial charge < -0.3 is 15.3 Å². The van der Waals surface area contributed by atoms with E-state index < -0.39 is 0 Å². The van der Waals surface area contributed by atoms with Crippen LogP contribution in [0.25, 0.3) is 0 Å². The fourth-order valence-corrected chi connectivity index (χ4v) is 5.97. The Morgan fingerprint density at radius 2 is 1.77 bits per heavy atom. The van der Waals surface area contributed by atoms with Crippen molar-refractivity contribution in [1.29, 1.82) is 0 Å². The van der Waals surface area contributed by atoms with E-state index in [0.29, 0.717) is 29.5 Å². The van der Waals surface area contributed by atoms with Crippen LogP contribution in [0, 0.1) is 22.2 Å². The van der Waals surface area contributed by atoms with Crippen molar-refractivity contribution in [2.24, 2.45) is 22.2 Å². The molecule has 2 N–H and O–H groups in total. The van der Waals surface area contributed by atoms with Gasteiger partial charge in [-0.05, 0) is 36.0 Å². The monoisotopic (exact) mass is 358 g/mol. The predicted molar refractivity (Wildman–Crippen MR) is 99.9 cm³/mol. The Labute approximate surface area is 155 Å². The summed E-state index contributed by atoms with van der Waals surface area (Å²) >= 11 is 0. The molecule has 2 aliphatic carbocycles. The van der Waals surface area contributed by atoms with Gasteiger partial charge in [0.25, 0.3) is 5.91 Å². The first kappa shape index (κ1) is 17.7. The Balaban J connectivity index is 1.34. The summed E-state index contributed by atoms with van der Waals surface area (Å²) in [6.07, 6.45) is 6.59. The number of aliphatic hydroxyl groups excluding tert-OH is 1. The van der Waals surface area contributed by atoms with Gasteiger partial charge in [-0.15, -0.1) is 0 Å². The minimum absolute atomic E-state index is 0.0905. The number of hydrogen-bond acceptors (Lipinski definition) is 5. The van der Waals surface area contributed by atoms with Crippen LogP contribution in [0.15, 0.2) is 12.4 Å². The van der Waals surface area contributed by atoms with Crippen LogP contribution in [0.5, 0.6) is 0 Å². The maximum absolute atomic E-state index is 12.6. The van der Waals surface area contributed by atoms with Gasteiger partial charge in [0.2, 0.25) is 5.95 Å². The SMILES string of the molecule is CC1(C)CC(C)(C)C1NC(=O)c1cnc(N2CC3(CC(CO)C3)C2)nc1. The Morgan fingerprint density at radius 3 is 2.27 bits per heavy atom. The second-order valence-electron chi connectivity index (χ2n) is 10.1. The number of anilines is 1. The molecule has 6 nitrogen and oxygen atoms in total. The molecule has 2 heterocycles. The van der Waals surface area contributed by atoms with Crippen molar-refractivity contribution < 1.29 is 9.90 Å². The number of amides is 1. The maximum atomic E-state index is 12.6. The third kappa shape index (κ3) is 2.79. The summed E-state index contributed by atoms with van der Waals surface area (Å²) in [5.41, 5.74) is 1.14. The summed E-state index contributed by atoms with van der Waals surface area (Å²) in [5.74, 6) is 1.08. The van der Waals surface area contributed by atoms with Gasteiger partial charge in [-0.1, -0.05) is 27.7 Å². The molecular weight excluding hydrogens is 328 g/mol. The average molecular weight is 358 g/mol. The molecule has 2 saturated carbocycles. The Hall–Kier alpha value is -1.69. The molecular formula is C20H30N4O2. The van der Waals surface area contributed by atoms with E-state index in [-0.39, 0.29) is 22.8 Å². The summed E-state index contributed by atoms with van der Waals surface area (Å²) in [4.78, 5) is 23.6. The molecule has 1 aromatic heterocycles. The molecule has 0 radical (unpaired) electrons. The topological polar surface area (TPSA) is 78.4 Å². The molecule has 4 rings (SSSR count). The zero-order valence-corrected chi connectivity index (χ0v) is 16.2. The van der Waals surface area contributed by atoms with Crippen molar-refractivity contribution >= 4 is 11.9 Å². The lowest BCUT2D eigenvalue weighted by molar-refractivity contribution is -0.0366. The molecule has 6 heteroatoms. The molecule has 0 unspecified atom stereocenters. The molecule has 26 heavy (non-hydrogen) atoms. The predicted octanol–water partition coefficient (Wildman–Crippen LogP) is 2.24. The molecule has 1 spiro atoms. The van der Waals surface area contributed by atoms with E-state index in [9.17, 15) is 9.90 Å². The molecule has 0 aromatic carbocycles. The number of carbonyl (C=O) groups is 1. The first-order valence-corrected chi connectivity index (χ1v) is 9.63. The van der Waals surface area contributed by atoms with Gasteiger partial charge in [0.15, 0.2) is 0 Å². The highest BCUT2D eigenvalue weighted by Gasteiger charge is 2.54. The molecule has 142 valence electrons. The minimum Gasteiger partial charge on any atom is -0.396 e. The van der Waals surface area contributed by atoms with Crippen molar-refractivity contribution in [3.8, 4) is 0 Å². The first-order chi connectivity index (χ1) is 12.1. The van der Waals surface area contributed by atoms with Crippen LogP contribution in [0.2, 0.25) is 0 Å². The Morgan fingerprint density at radius 1 is 1.19 bits per heavy atom. The summed E-state index contributed by atoms with van der Waals surface area (Å²) < 4.78 is 0. The van der Waals surface area contributed by atoms with Gasteiger partial charge in [-0.3, -0.25) is 4.79 Å². The van der Waals surface area contributed by atoms with Crippen LogP contribution >= 0.6 is 0 Å². The van der Waals surface area contributed by atoms with E-state index in [1.165, 1.54) is 0 Å². The van der Waals surface area contributed by atoms with Gasteiger partial charge in [-0.2, -0.15) is 0 Å². The lowest BCUT2D eigenvalue weighted by Crippen LogP contribution is -2.63. The van der Waals surface area contributed by atoms with Gasteiger partial charge in [-0.25, -0.2) is 9.97 Å². The van der Waals surface area contributed by atoms with Crippen LogP contribution in [0.4, 0.5) is 5.95 Å². The number of aromatic nitrogens is 2. The molecule has 1 amide bonds. The van der Waals surface area contributed by atoms with E-state index in [0.717, 1.165) is 32.4 Å². The van der Waals surface area contributed by atoms with Crippen molar-refractivity contribution in [2.75, 3.05) is 24.6 Å². The van der Waals surface area contributed by atoms with E-state index in [4.69, 9.17) is 0 Å². The van der Waals surface area contributed by atoms with Crippen LogP contribution in [0.3, 0.4) is 0 Å². The van der Waals surface area contributed by atoms with Crippen molar-refractivity contribution in [3.63, 3.8) is 0 Å². The van der Waals surface area contributed by atoms with Crippen LogP contribution in [-0.4, -0.2) is 46.7 Å². The second kappa shape index (κ2) is 5.65. The highest BCUT2D eigenvalue weighted by molar-refractivity contribution is 5.94. The van der Waals surface area contributed by atoms with Gasteiger partial charge in [0.1, 0.15) is 0 Å². The zero-order chi connectivity index (χ0) is 18.7. The lowest BCUT2D eigenvalue weighted by Gasteiger charge is -2.58. The highest BCUT2D eigenvalue weighted by Crippen LogP contribution is 2.54. The summed E-state index contributed by atoms with van der Waals surface area (Å²) in [7, 11) is 0. The minimum atomic E-state index is -0.0905. The van der Waals surface area contributed by atoms with Crippen LogP contribution in [-0.2, 0) is 0 Å². The zero-order valence-electron chi connectivity index (χ0n) is 16.2. The standard InChI is InChI=1S/C20H30N4O2/c1-18(2)10-19(3,4)16(18)23-15(26)14-7-21-17(22-8-14)24-11-20(12-24)5-13(6-20)9-25/h7-8,13,16,25H,5-6,9-12H2,1-4H3,(H,23,26). The van der Waals surface area contributed by atoms with E-state index >= 15 is 0 Å². The number of nitrogens with one attached hydrogen (secondary N) is 1. The van der Waals surface area contributed by atoms with Crippen LogP contribution in [0.1, 0.15) is 57.3 Å². The molecule has 1 aliphatic heterocycles. The number of aliphatic hydroxyl groups is 1. The number of nitrogens with zero attached hydrogens (tertiary/aromatic N) is 3. The molecule has 0 bridgehead atoms. The van der Waals surface area contributed by atoms with Gasteiger partial charge in [0, 0.05) is 43.5 Å².